The van der Waals surface area contributed by atoms with Gasteiger partial charge < -0.3 is 52.6 Å². The number of alkyl halides is 7. The SMILES string of the molecule is NC[C@@H]1[C@H]2CN3C(=O)c4cccn4[C@@H]4N=C(N)N[C@@]43[C@@H]2[C@]2(NC(N)=N[C@H]2O)[C@H]1Cl.O=C(O)C(F)(F)F.O=C(O)C(F)(F)F. The molecular weight excluding hydrogens is 624 g/mol. The molecule has 5 aliphatic rings. The molecule has 1 saturated carbocycles. The summed E-state index contributed by atoms with van der Waals surface area (Å²) in [4.78, 5) is 41.8. The third-order valence-corrected chi connectivity index (χ3v) is 8.60. The first kappa shape index (κ1) is 31.9. The average molecular weight is 648 g/mol. The molecule has 6 rings (SSSR count). The Morgan fingerprint density at radius 1 is 1.07 bits per heavy atom. The van der Waals surface area contributed by atoms with Crippen molar-refractivity contribution in [3.05, 3.63) is 24.0 Å². The maximum atomic E-state index is 13.4. The zero-order chi connectivity index (χ0) is 32.4. The molecule has 4 aliphatic heterocycles. The number of carboxylic acids is 2. The minimum absolute atomic E-state index is 0.101. The van der Waals surface area contributed by atoms with Crippen LogP contribution in [0.5, 0.6) is 0 Å². The molecule has 43 heavy (non-hydrogen) atoms. The van der Waals surface area contributed by atoms with Gasteiger partial charge in [-0.15, -0.1) is 11.6 Å². The van der Waals surface area contributed by atoms with Crippen molar-refractivity contribution < 1.29 is 56.0 Å². The molecule has 2 spiro atoms. The van der Waals surface area contributed by atoms with Gasteiger partial charge in [-0.25, -0.2) is 19.6 Å². The third-order valence-electron chi connectivity index (χ3n) is 7.92. The lowest BCUT2D eigenvalue weighted by Crippen LogP contribution is -2.74. The summed E-state index contributed by atoms with van der Waals surface area (Å²) < 4.78 is 65.3. The van der Waals surface area contributed by atoms with Gasteiger partial charge in [0.05, 0.1) is 5.38 Å². The van der Waals surface area contributed by atoms with Gasteiger partial charge in [0.1, 0.15) is 11.2 Å². The van der Waals surface area contributed by atoms with Gasteiger partial charge in [-0.1, -0.05) is 0 Å². The second kappa shape index (κ2) is 10.3. The first-order valence-corrected chi connectivity index (χ1v) is 12.5. The van der Waals surface area contributed by atoms with Gasteiger partial charge in [-0.05, 0) is 30.5 Å². The van der Waals surface area contributed by atoms with Crippen molar-refractivity contribution in [3.63, 3.8) is 0 Å². The number of nitrogens with two attached hydrogens (primary N) is 3. The van der Waals surface area contributed by atoms with E-state index in [4.69, 9.17) is 48.6 Å². The van der Waals surface area contributed by atoms with Crippen molar-refractivity contribution in [3.8, 4) is 0 Å². The van der Waals surface area contributed by atoms with Crippen LogP contribution >= 0.6 is 11.6 Å². The molecule has 1 aliphatic carbocycles. The number of guanidine groups is 2. The summed E-state index contributed by atoms with van der Waals surface area (Å²) in [5.41, 5.74) is 16.6. The number of carboxylic acid groups (broad SMARTS) is 2. The molecule has 0 radical (unpaired) electrons. The summed E-state index contributed by atoms with van der Waals surface area (Å²) in [6.45, 7) is 0.721. The summed E-state index contributed by atoms with van der Waals surface area (Å²) in [5, 5.41) is 31.2. The lowest BCUT2D eigenvalue weighted by atomic mass is 9.73. The molecule has 0 aromatic carbocycles. The van der Waals surface area contributed by atoms with Crippen LogP contribution in [0.1, 0.15) is 16.7 Å². The summed E-state index contributed by atoms with van der Waals surface area (Å²) in [7, 11) is 0. The van der Waals surface area contributed by atoms with E-state index in [2.05, 4.69) is 20.6 Å². The molecule has 0 bridgehead atoms. The van der Waals surface area contributed by atoms with Gasteiger partial charge in [0.25, 0.3) is 5.91 Å². The van der Waals surface area contributed by atoms with E-state index >= 15 is 0 Å². The Bertz CT molecular complexity index is 1360. The number of fused-ring (bicyclic) bond motifs is 4. The first-order chi connectivity index (χ1) is 19.7. The number of nitrogens with zero attached hydrogens (tertiary/aromatic N) is 4. The van der Waals surface area contributed by atoms with E-state index in [1.807, 2.05) is 16.8 Å². The van der Waals surface area contributed by atoms with Crippen LogP contribution in [0.3, 0.4) is 0 Å². The number of aliphatic imine (C=N–C) groups is 2. The van der Waals surface area contributed by atoms with Gasteiger partial charge in [0, 0.05) is 18.7 Å². The standard InChI is InChI=1S/C17H22ClN9O2.2C2HF3O2/c18-10-6(4-19)7-5-27-11(28)8-2-1-3-26(8)12-17(27,25-14(20)22-12)9(7)16(10)13(29)23-15(21)24-16;2*3-2(4,5)1(6)7/h1-3,6-7,9-10,12-13,29H,4-5,19H2,(H3,20,22,25)(H3,21,23,24);2*(H,6,7)/t6-,7-,9+,10+,12+,13+,16+,17-;;/m1../s1. The maximum Gasteiger partial charge on any atom is 0.490 e. The number of hydrogen-bond acceptors (Lipinski definition) is 11. The van der Waals surface area contributed by atoms with Crippen LogP contribution in [0.4, 0.5) is 26.3 Å². The predicted molar refractivity (Wildman–Crippen MR) is 132 cm³/mol. The van der Waals surface area contributed by atoms with E-state index in [0.29, 0.717) is 18.8 Å². The van der Waals surface area contributed by atoms with Crippen LogP contribution in [0.25, 0.3) is 0 Å². The number of carbonyl (C=O) groups is 3. The highest BCUT2D eigenvalue weighted by molar-refractivity contribution is 6.22. The molecule has 1 amide bonds. The van der Waals surface area contributed by atoms with Gasteiger partial charge in [0.15, 0.2) is 30.0 Å². The van der Waals surface area contributed by atoms with E-state index in [9.17, 15) is 36.2 Å². The molecule has 8 atom stereocenters. The van der Waals surface area contributed by atoms with Crippen molar-refractivity contribution >= 4 is 41.4 Å². The van der Waals surface area contributed by atoms with Crippen LogP contribution in [0.15, 0.2) is 28.3 Å². The number of carbonyl (C=O) groups excluding carboxylic acids is 1. The largest absolute Gasteiger partial charge is 0.490 e. The Balaban J connectivity index is 0.000000254. The van der Waals surface area contributed by atoms with Crippen molar-refractivity contribution in [2.24, 2.45) is 44.9 Å². The molecule has 11 N–H and O–H groups in total. The van der Waals surface area contributed by atoms with E-state index in [1.54, 1.807) is 11.0 Å². The quantitative estimate of drug-likeness (QED) is 0.132. The van der Waals surface area contributed by atoms with Crippen LogP contribution < -0.4 is 27.8 Å². The van der Waals surface area contributed by atoms with Crippen LogP contribution in [-0.4, -0.2) is 103 Å². The number of amides is 1. The lowest BCUT2D eigenvalue weighted by Gasteiger charge is -2.51. The number of aliphatic hydroxyl groups excluding tert-OH is 1. The predicted octanol–water partition coefficient (Wildman–Crippen LogP) is -1.26. The molecular formula is C21H24ClF6N9O6. The molecule has 1 aromatic heterocycles. The molecule has 22 heteroatoms. The Morgan fingerprint density at radius 2 is 1.60 bits per heavy atom. The monoisotopic (exact) mass is 647 g/mol. The van der Waals surface area contributed by atoms with Gasteiger partial charge in [-0.3, -0.25) is 4.79 Å². The summed E-state index contributed by atoms with van der Waals surface area (Å²) in [6, 6.07) is 3.58. The van der Waals surface area contributed by atoms with Crippen LogP contribution in [-0.2, 0) is 9.59 Å². The highest BCUT2D eigenvalue weighted by Crippen LogP contribution is 2.63. The number of hydrogen-bond donors (Lipinski definition) is 8. The average Bonchev–Trinajstić information content (AvgIpc) is 3.66. The molecule has 15 nitrogen and oxygen atoms in total. The number of nitrogens with one attached hydrogen (secondary N) is 2. The Morgan fingerprint density at radius 3 is 2.07 bits per heavy atom. The Kier molecular flexibility index (Phi) is 7.67. The minimum atomic E-state index is -5.08. The highest BCUT2D eigenvalue weighted by Gasteiger charge is 2.79. The van der Waals surface area contributed by atoms with E-state index in [1.165, 1.54) is 0 Å². The topological polar surface area (TPSA) is 247 Å². The molecule has 5 heterocycles. The van der Waals surface area contributed by atoms with Crippen molar-refractivity contribution in [1.29, 1.82) is 0 Å². The molecule has 2 fully saturated rings. The number of halogens is 7. The number of aromatic nitrogens is 1. The number of aliphatic hydroxyl groups is 1. The fourth-order valence-corrected chi connectivity index (χ4v) is 7.13. The fraction of sp³-hybridized carbons (Fsp3) is 0.571. The molecule has 1 saturated heterocycles. The van der Waals surface area contributed by atoms with E-state index < -0.39 is 53.3 Å². The fourth-order valence-electron chi connectivity index (χ4n) is 6.54. The summed E-state index contributed by atoms with van der Waals surface area (Å²) >= 11 is 6.94. The van der Waals surface area contributed by atoms with E-state index in [0.717, 1.165) is 0 Å². The van der Waals surface area contributed by atoms with E-state index in [-0.39, 0.29) is 35.6 Å². The smallest absolute Gasteiger partial charge is 0.475 e. The Labute approximate surface area is 241 Å². The zero-order valence-electron chi connectivity index (χ0n) is 21.3. The lowest BCUT2D eigenvalue weighted by molar-refractivity contribution is -0.193. The normalized spacial score (nSPS) is 35.1. The highest BCUT2D eigenvalue weighted by atomic mass is 35.5. The van der Waals surface area contributed by atoms with Gasteiger partial charge in [0.2, 0.25) is 0 Å². The third kappa shape index (κ3) is 4.74. The summed E-state index contributed by atoms with van der Waals surface area (Å²) in [6.07, 6.45) is -10.0. The minimum Gasteiger partial charge on any atom is -0.475 e. The number of aliphatic carboxylic acids is 2. The molecule has 1 aromatic rings. The van der Waals surface area contributed by atoms with Gasteiger partial charge >= 0.3 is 24.3 Å². The van der Waals surface area contributed by atoms with Crippen LogP contribution in [0.2, 0.25) is 0 Å². The number of rotatable bonds is 1. The second-order valence-corrected chi connectivity index (χ2v) is 10.5. The summed E-state index contributed by atoms with van der Waals surface area (Å²) in [5.74, 6) is -5.95. The Hall–Kier alpha value is -3.98. The molecule has 0 unspecified atom stereocenters. The van der Waals surface area contributed by atoms with Crippen LogP contribution in [0, 0.1) is 17.8 Å². The van der Waals surface area contributed by atoms with Crippen molar-refractivity contribution in [2.75, 3.05) is 13.1 Å². The molecule has 238 valence electrons. The van der Waals surface area contributed by atoms with Crippen molar-refractivity contribution in [2.45, 2.75) is 41.3 Å². The maximum absolute atomic E-state index is 13.4. The first-order valence-electron chi connectivity index (χ1n) is 12.1. The second-order valence-electron chi connectivity index (χ2n) is 10.0. The zero-order valence-corrected chi connectivity index (χ0v) is 22.1. The van der Waals surface area contributed by atoms with Crippen molar-refractivity contribution in [1.82, 2.24) is 20.1 Å². The van der Waals surface area contributed by atoms with Gasteiger partial charge in [-0.2, -0.15) is 26.3 Å².